The Morgan fingerprint density at radius 3 is 2.73 bits per heavy atom. The largest absolute Gasteiger partial charge is 0.467 e. The first-order chi connectivity index (χ1) is 14.4. The van der Waals surface area contributed by atoms with Crippen molar-refractivity contribution in [1.29, 1.82) is 0 Å². The molecular formula is C23H25N3O3S. The predicted molar refractivity (Wildman–Crippen MR) is 116 cm³/mol. The number of hydrogen-bond donors (Lipinski definition) is 1. The lowest BCUT2D eigenvalue weighted by Crippen LogP contribution is -2.33. The fraction of sp³-hybridized carbons (Fsp3) is 0.348. The molecule has 3 heterocycles. The van der Waals surface area contributed by atoms with Crippen molar-refractivity contribution in [3.63, 3.8) is 0 Å². The Labute approximate surface area is 180 Å². The van der Waals surface area contributed by atoms with E-state index in [0.29, 0.717) is 25.4 Å². The van der Waals surface area contributed by atoms with Gasteiger partial charge in [0.1, 0.15) is 10.8 Å². The van der Waals surface area contributed by atoms with Gasteiger partial charge in [0, 0.05) is 17.5 Å². The van der Waals surface area contributed by atoms with Crippen LogP contribution in [0.2, 0.25) is 0 Å². The Balaban J connectivity index is 1.55. The highest BCUT2D eigenvalue weighted by Gasteiger charge is 2.30. The van der Waals surface area contributed by atoms with Crippen LogP contribution in [0, 0.1) is 6.92 Å². The van der Waals surface area contributed by atoms with Gasteiger partial charge in [0.2, 0.25) is 5.91 Å². The number of benzene rings is 1. The van der Waals surface area contributed by atoms with Gasteiger partial charge in [0.15, 0.2) is 5.82 Å². The predicted octanol–water partition coefficient (Wildman–Crippen LogP) is 4.30. The summed E-state index contributed by atoms with van der Waals surface area (Å²) in [6.07, 6.45) is 2.31. The molecule has 1 amide bonds. The average Bonchev–Trinajstić information content (AvgIpc) is 3.23. The Morgan fingerprint density at radius 2 is 2.00 bits per heavy atom. The van der Waals surface area contributed by atoms with E-state index in [4.69, 9.17) is 19.1 Å². The summed E-state index contributed by atoms with van der Waals surface area (Å²) in [5.41, 5.74) is 3.86. The molecule has 1 aliphatic rings. The van der Waals surface area contributed by atoms with E-state index in [1.807, 2.05) is 18.2 Å². The first-order valence-corrected chi connectivity index (χ1v) is 10.9. The zero-order valence-corrected chi connectivity index (χ0v) is 18.2. The van der Waals surface area contributed by atoms with E-state index in [0.717, 1.165) is 27.6 Å². The van der Waals surface area contributed by atoms with Crippen LogP contribution in [0.5, 0.6) is 0 Å². The first-order valence-electron chi connectivity index (χ1n) is 9.92. The molecular weight excluding hydrogens is 398 g/mol. The van der Waals surface area contributed by atoms with Crippen LogP contribution in [0.4, 0.5) is 0 Å². The monoisotopic (exact) mass is 423 g/mol. The second kappa shape index (κ2) is 8.62. The number of rotatable bonds is 6. The van der Waals surface area contributed by atoms with E-state index in [-0.39, 0.29) is 17.3 Å². The summed E-state index contributed by atoms with van der Waals surface area (Å²) in [4.78, 5) is 22.0. The van der Waals surface area contributed by atoms with Crippen molar-refractivity contribution in [2.75, 3.05) is 5.75 Å². The molecule has 1 N–H and O–H groups in total. The number of nitrogens with one attached hydrogen (secondary N) is 1. The molecule has 0 aliphatic carbocycles. The van der Waals surface area contributed by atoms with Crippen molar-refractivity contribution in [2.45, 2.75) is 51.0 Å². The summed E-state index contributed by atoms with van der Waals surface area (Å²) in [6, 6.07) is 11.8. The average molecular weight is 424 g/mol. The lowest BCUT2D eigenvalue weighted by Gasteiger charge is -2.32. The molecule has 1 aliphatic heterocycles. The number of fused-ring (bicyclic) bond motifs is 1. The van der Waals surface area contributed by atoms with Gasteiger partial charge in [-0.3, -0.25) is 4.79 Å². The van der Waals surface area contributed by atoms with E-state index in [9.17, 15) is 4.79 Å². The maximum absolute atomic E-state index is 12.3. The lowest BCUT2D eigenvalue weighted by molar-refractivity contribution is -0.118. The Hall–Kier alpha value is -2.64. The van der Waals surface area contributed by atoms with E-state index >= 15 is 0 Å². The minimum Gasteiger partial charge on any atom is -0.467 e. The van der Waals surface area contributed by atoms with Crippen LogP contribution in [-0.4, -0.2) is 27.2 Å². The third-order valence-electron chi connectivity index (χ3n) is 4.94. The summed E-state index contributed by atoms with van der Waals surface area (Å²) >= 11 is 1.42. The zero-order valence-electron chi connectivity index (χ0n) is 17.4. The number of carbonyl (C=O) groups is 1. The normalized spacial score (nSPS) is 14.9. The summed E-state index contributed by atoms with van der Waals surface area (Å²) < 4.78 is 11.2. The molecule has 3 aromatic rings. The SMILES string of the molecule is Cc1ccc(-c2nc3c(c(SCC(=O)NCc4ccco4)n2)COC(C)(C)C3)cc1. The third-order valence-corrected chi connectivity index (χ3v) is 5.96. The third kappa shape index (κ3) is 4.91. The molecule has 6 nitrogen and oxygen atoms in total. The van der Waals surface area contributed by atoms with E-state index in [1.165, 1.54) is 17.3 Å². The molecule has 0 unspecified atom stereocenters. The molecule has 30 heavy (non-hydrogen) atoms. The highest BCUT2D eigenvalue weighted by Crippen LogP contribution is 2.34. The van der Waals surface area contributed by atoms with E-state index in [2.05, 4.69) is 38.2 Å². The van der Waals surface area contributed by atoms with Gasteiger partial charge < -0.3 is 14.5 Å². The molecule has 2 aromatic heterocycles. The van der Waals surface area contributed by atoms with E-state index in [1.54, 1.807) is 12.3 Å². The molecule has 4 rings (SSSR count). The maximum Gasteiger partial charge on any atom is 0.230 e. The Kier molecular flexibility index (Phi) is 5.92. The molecule has 0 atom stereocenters. The van der Waals surface area contributed by atoms with Crippen molar-refractivity contribution < 1.29 is 13.9 Å². The van der Waals surface area contributed by atoms with Gasteiger partial charge in [-0.15, -0.1) is 0 Å². The minimum atomic E-state index is -0.270. The van der Waals surface area contributed by atoms with Gasteiger partial charge in [-0.05, 0) is 32.9 Å². The molecule has 0 spiro atoms. The molecule has 0 fully saturated rings. The fourth-order valence-electron chi connectivity index (χ4n) is 3.26. The molecule has 0 saturated heterocycles. The fourth-order valence-corrected chi connectivity index (χ4v) is 4.13. The van der Waals surface area contributed by atoms with Crippen molar-refractivity contribution in [3.05, 3.63) is 65.2 Å². The van der Waals surface area contributed by atoms with Crippen LogP contribution < -0.4 is 5.32 Å². The van der Waals surface area contributed by atoms with Crippen molar-refractivity contribution in [2.24, 2.45) is 0 Å². The lowest BCUT2D eigenvalue weighted by atomic mass is 9.96. The summed E-state index contributed by atoms with van der Waals surface area (Å²) in [5, 5.41) is 3.68. The van der Waals surface area contributed by atoms with E-state index < -0.39 is 0 Å². The minimum absolute atomic E-state index is 0.0716. The van der Waals surface area contributed by atoms with Gasteiger partial charge in [-0.25, -0.2) is 9.97 Å². The highest BCUT2D eigenvalue weighted by atomic mass is 32.2. The van der Waals surface area contributed by atoms with Gasteiger partial charge in [0.05, 0.1) is 36.5 Å². The maximum atomic E-state index is 12.3. The van der Waals surface area contributed by atoms with Gasteiger partial charge in [-0.2, -0.15) is 0 Å². The molecule has 7 heteroatoms. The van der Waals surface area contributed by atoms with Crippen LogP contribution in [0.15, 0.2) is 52.1 Å². The number of amides is 1. The molecule has 0 saturated carbocycles. The second-order valence-corrected chi connectivity index (χ2v) is 8.98. The summed E-state index contributed by atoms with van der Waals surface area (Å²) in [7, 11) is 0. The first kappa shape index (κ1) is 20.6. The zero-order chi connectivity index (χ0) is 21.1. The number of carbonyl (C=O) groups excluding carboxylic acids is 1. The van der Waals surface area contributed by atoms with Crippen LogP contribution >= 0.6 is 11.8 Å². The molecule has 0 bridgehead atoms. The topological polar surface area (TPSA) is 77.3 Å². The quantitative estimate of drug-likeness (QED) is 0.470. The number of hydrogen-bond acceptors (Lipinski definition) is 6. The van der Waals surface area contributed by atoms with Gasteiger partial charge in [0.25, 0.3) is 0 Å². The second-order valence-electron chi connectivity index (χ2n) is 8.01. The highest BCUT2D eigenvalue weighted by molar-refractivity contribution is 7.99. The van der Waals surface area contributed by atoms with Gasteiger partial charge in [-0.1, -0.05) is 41.6 Å². The van der Waals surface area contributed by atoms with Crippen LogP contribution in [0.25, 0.3) is 11.4 Å². The number of nitrogens with zero attached hydrogens (tertiary/aromatic N) is 2. The van der Waals surface area contributed by atoms with Crippen molar-refractivity contribution in [1.82, 2.24) is 15.3 Å². The number of furan rings is 1. The summed E-state index contributed by atoms with van der Waals surface area (Å²) in [6.45, 7) is 7.02. The number of thioether (sulfide) groups is 1. The number of ether oxygens (including phenoxy) is 1. The Morgan fingerprint density at radius 1 is 1.20 bits per heavy atom. The molecule has 0 radical (unpaired) electrons. The standard InChI is InChI=1S/C23H25N3O3S/c1-15-6-8-16(9-7-15)21-25-19-11-23(2,3)29-13-18(19)22(26-21)30-14-20(27)24-12-17-5-4-10-28-17/h4-10H,11-14H2,1-3H3,(H,24,27). The molecule has 156 valence electrons. The van der Waals surface area contributed by atoms with Gasteiger partial charge >= 0.3 is 0 Å². The Bertz CT molecular complexity index is 1030. The van der Waals surface area contributed by atoms with Crippen molar-refractivity contribution >= 4 is 17.7 Å². The van der Waals surface area contributed by atoms with Crippen LogP contribution in [0.1, 0.15) is 36.4 Å². The number of aromatic nitrogens is 2. The van der Waals surface area contributed by atoms with Crippen LogP contribution in [-0.2, 0) is 29.1 Å². The number of aryl methyl sites for hydroxylation is 1. The molecule has 1 aromatic carbocycles. The van der Waals surface area contributed by atoms with Crippen LogP contribution in [0.3, 0.4) is 0 Å². The summed E-state index contributed by atoms with van der Waals surface area (Å²) in [5.74, 6) is 1.61. The van der Waals surface area contributed by atoms with Crippen molar-refractivity contribution in [3.8, 4) is 11.4 Å². The smallest absolute Gasteiger partial charge is 0.230 e.